The molecular weight excluding hydrogens is 274 g/mol. The number of amides is 1. The van der Waals surface area contributed by atoms with Gasteiger partial charge in [-0.25, -0.2) is 0 Å². The summed E-state index contributed by atoms with van der Waals surface area (Å²) in [6.07, 6.45) is 0. The molecule has 0 aromatic heterocycles. The molecule has 0 bridgehead atoms. The van der Waals surface area contributed by atoms with E-state index in [2.05, 4.69) is 4.90 Å². The van der Waals surface area contributed by atoms with Crippen molar-refractivity contribution in [3.05, 3.63) is 34.9 Å². The molecule has 1 saturated heterocycles. The fourth-order valence-electron chi connectivity index (χ4n) is 2.93. The molecule has 1 heterocycles. The number of hydrogen-bond acceptors (Lipinski definition) is 3. The number of benzene rings is 1. The Morgan fingerprint density at radius 1 is 1.40 bits per heavy atom. The molecule has 1 atom stereocenters. The molecule has 1 aromatic rings. The molecule has 4 nitrogen and oxygen atoms in total. The third-order valence-electron chi connectivity index (χ3n) is 4.10. The number of likely N-dealkylation sites (N-methyl/N-ethyl adjacent to an activating group) is 1. The van der Waals surface area contributed by atoms with Crippen LogP contribution in [0.25, 0.3) is 0 Å². The van der Waals surface area contributed by atoms with Crippen LogP contribution in [0.5, 0.6) is 0 Å². The second-order valence-corrected chi connectivity index (χ2v) is 6.22. The van der Waals surface area contributed by atoms with E-state index in [-0.39, 0.29) is 11.9 Å². The highest BCUT2D eigenvalue weighted by Crippen LogP contribution is 2.32. The summed E-state index contributed by atoms with van der Waals surface area (Å²) in [6, 6.07) is 7.71. The van der Waals surface area contributed by atoms with Gasteiger partial charge in [-0.15, -0.1) is 0 Å². The number of nitrogens with two attached hydrogens (primary N) is 1. The lowest BCUT2D eigenvalue weighted by atomic mass is 9.92. The van der Waals surface area contributed by atoms with Crippen LogP contribution in [0.15, 0.2) is 24.3 Å². The molecule has 1 aromatic carbocycles. The van der Waals surface area contributed by atoms with E-state index in [1.54, 1.807) is 4.90 Å². The summed E-state index contributed by atoms with van der Waals surface area (Å²) < 4.78 is 0. The number of carbonyl (C=O) groups excluding carboxylic acids is 1. The first kappa shape index (κ1) is 15.3. The van der Waals surface area contributed by atoms with Gasteiger partial charge in [-0.05, 0) is 31.5 Å². The zero-order valence-electron chi connectivity index (χ0n) is 12.3. The Hall–Kier alpha value is -1.10. The molecule has 2 N–H and O–H groups in total. The molecular formula is C15H22ClN3O. The van der Waals surface area contributed by atoms with Crippen LogP contribution in [-0.4, -0.2) is 47.9 Å². The number of carbonyl (C=O) groups is 1. The van der Waals surface area contributed by atoms with Gasteiger partial charge in [-0.3, -0.25) is 9.69 Å². The van der Waals surface area contributed by atoms with E-state index in [1.807, 2.05) is 45.2 Å². The Bertz CT molecular complexity index is 504. The van der Waals surface area contributed by atoms with Gasteiger partial charge in [0.05, 0.1) is 5.54 Å². The molecule has 0 aliphatic carbocycles. The van der Waals surface area contributed by atoms with Crippen LogP contribution in [0.4, 0.5) is 0 Å². The van der Waals surface area contributed by atoms with Crippen LogP contribution < -0.4 is 5.73 Å². The predicted molar refractivity (Wildman–Crippen MR) is 81.7 cm³/mol. The molecule has 110 valence electrons. The molecule has 0 saturated carbocycles. The second-order valence-electron chi connectivity index (χ2n) is 5.79. The zero-order valence-corrected chi connectivity index (χ0v) is 13.0. The molecule has 1 unspecified atom stereocenters. The van der Waals surface area contributed by atoms with Crippen LogP contribution in [0.3, 0.4) is 0 Å². The monoisotopic (exact) mass is 295 g/mol. The van der Waals surface area contributed by atoms with E-state index in [0.29, 0.717) is 11.6 Å². The first-order valence-electron chi connectivity index (χ1n) is 6.85. The van der Waals surface area contributed by atoms with E-state index in [0.717, 1.165) is 18.7 Å². The minimum Gasteiger partial charge on any atom is -0.343 e. The number of piperazine rings is 1. The Morgan fingerprint density at radius 3 is 2.70 bits per heavy atom. The minimum absolute atomic E-state index is 0.00125. The molecule has 1 amide bonds. The summed E-state index contributed by atoms with van der Waals surface area (Å²) in [5.41, 5.74) is 6.48. The third kappa shape index (κ3) is 2.68. The van der Waals surface area contributed by atoms with Crippen LogP contribution in [0.1, 0.15) is 25.5 Å². The first-order valence-corrected chi connectivity index (χ1v) is 7.23. The summed E-state index contributed by atoms with van der Waals surface area (Å²) in [5, 5.41) is 0.694. The summed E-state index contributed by atoms with van der Waals surface area (Å²) in [5.74, 6) is 0.129. The van der Waals surface area contributed by atoms with Crippen LogP contribution in [0, 0.1) is 0 Å². The van der Waals surface area contributed by atoms with Crippen molar-refractivity contribution in [2.75, 3.05) is 26.7 Å². The average molecular weight is 296 g/mol. The first-order chi connectivity index (χ1) is 9.37. The van der Waals surface area contributed by atoms with Crippen LogP contribution in [0.2, 0.25) is 5.02 Å². The van der Waals surface area contributed by atoms with Gasteiger partial charge in [0.1, 0.15) is 0 Å². The van der Waals surface area contributed by atoms with Gasteiger partial charge < -0.3 is 10.6 Å². The van der Waals surface area contributed by atoms with E-state index in [9.17, 15) is 4.79 Å². The molecule has 2 rings (SSSR count). The van der Waals surface area contributed by atoms with Crippen molar-refractivity contribution in [2.45, 2.75) is 25.4 Å². The largest absolute Gasteiger partial charge is 0.343 e. The Kier molecular flexibility index (Phi) is 4.37. The number of nitrogens with zero attached hydrogens (tertiary/aromatic N) is 2. The summed E-state index contributed by atoms with van der Waals surface area (Å²) in [7, 11) is 1.85. The predicted octanol–water partition coefficient (Wildman–Crippen LogP) is 1.89. The van der Waals surface area contributed by atoms with E-state index in [4.69, 9.17) is 17.3 Å². The molecule has 20 heavy (non-hydrogen) atoms. The molecule has 5 heteroatoms. The lowest BCUT2D eigenvalue weighted by Gasteiger charge is -2.48. The highest BCUT2D eigenvalue weighted by atomic mass is 35.5. The van der Waals surface area contributed by atoms with Crippen LogP contribution >= 0.6 is 11.6 Å². The van der Waals surface area contributed by atoms with Gasteiger partial charge in [-0.2, -0.15) is 0 Å². The molecule has 0 radical (unpaired) electrons. The lowest BCUT2D eigenvalue weighted by Crippen LogP contribution is -2.63. The molecule has 1 aliphatic rings. The van der Waals surface area contributed by atoms with Gasteiger partial charge in [0.2, 0.25) is 5.91 Å². The van der Waals surface area contributed by atoms with E-state index >= 15 is 0 Å². The van der Waals surface area contributed by atoms with Gasteiger partial charge in [0, 0.05) is 37.7 Å². The Labute approximate surface area is 125 Å². The maximum atomic E-state index is 12.4. The SMILES string of the molecule is CN1CCN(C(CN)c2cccc(Cl)c2)C(C)(C)C1=O. The quantitative estimate of drug-likeness (QED) is 0.926. The smallest absolute Gasteiger partial charge is 0.242 e. The van der Waals surface area contributed by atoms with Crippen LogP contribution in [-0.2, 0) is 4.79 Å². The molecule has 1 aliphatic heterocycles. The fourth-order valence-corrected chi connectivity index (χ4v) is 3.13. The minimum atomic E-state index is -0.556. The summed E-state index contributed by atoms with van der Waals surface area (Å²) in [4.78, 5) is 16.4. The number of hydrogen-bond donors (Lipinski definition) is 1. The standard InChI is InChI=1S/C15H22ClN3O/c1-15(2)14(20)18(3)7-8-19(15)13(10-17)11-5-4-6-12(16)9-11/h4-6,9,13H,7-8,10,17H2,1-3H3. The van der Waals surface area contributed by atoms with Gasteiger partial charge in [0.15, 0.2) is 0 Å². The maximum absolute atomic E-state index is 12.4. The van der Waals surface area contributed by atoms with Crippen molar-refractivity contribution >= 4 is 17.5 Å². The van der Waals surface area contributed by atoms with E-state index in [1.165, 1.54) is 0 Å². The summed E-state index contributed by atoms with van der Waals surface area (Å²) in [6.45, 7) is 5.90. The van der Waals surface area contributed by atoms with Crippen molar-refractivity contribution in [1.82, 2.24) is 9.80 Å². The molecule has 0 spiro atoms. The van der Waals surface area contributed by atoms with Crippen molar-refractivity contribution in [3.63, 3.8) is 0 Å². The van der Waals surface area contributed by atoms with Crippen molar-refractivity contribution < 1.29 is 4.79 Å². The fraction of sp³-hybridized carbons (Fsp3) is 0.533. The highest BCUT2D eigenvalue weighted by molar-refractivity contribution is 6.30. The zero-order chi connectivity index (χ0) is 14.9. The normalized spacial score (nSPS) is 21.1. The van der Waals surface area contributed by atoms with Crippen molar-refractivity contribution in [2.24, 2.45) is 5.73 Å². The van der Waals surface area contributed by atoms with Crippen molar-refractivity contribution in [3.8, 4) is 0 Å². The number of halogens is 1. The topological polar surface area (TPSA) is 49.6 Å². The Morgan fingerprint density at radius 2 is 2.10 bits per heavy atom. The van der Waals surface area contributed by atoms with Gasteiger partial charge in [-0.1, -0.05) is 23.7 Å². The second kappa shape index (κ2) is 5.72. The third-order valence-corrected chi connectivity index (χ3v) is 4.33. The maximum Gasteiger partial charge on any atom is 0.242 e. The Balaban J connectivity index is 2.34. The van der Waals surface area contributed by atoms with Crippen molar-refractivity contribution in [1.29, 1.82) is 0 Å². The van der Waals surface area contributed by atoms with Gasteiger partial charge >= 0.3 is 0 Å². The van der Waals surface area contributed by atoms with E-state index < -0.39 is 5.54 Å². The highest BCUT2D eigenvalue weighted by Gasteiger charge is 2.43. The number of rotatable bonds is 3. The summed E-state index contributed by atoms with van der Waals surface area (Å²) >= 11 is 6.07. The average Bonchev–Trinajstić information content (AvgIpc) is 2.40. The lowest BCUT2D eigenvalue weighted by molar-refractivity contribution is -0.149. The van der Waals surface area contributed by atoms with Gasteiger partial charge in [0.25, 0.3) is 0 Å². The molecule has 1 fully saturated rings.